The Morgan fingerprint density at radius 1 is 1.20 bits per heavy atom. The highest BCUT2D eigenvalue weighted by Gasteiger charge is 2.07. The molecular weight excluding hydrogens is 324 g/mol. The fourth-order valence-electron chi connectivity index (χ4n) is 1.84. The number of nitrogens with zero attached hydrogens (tertiary/aromatic N) is 1. The zero-order valence-corrected chi connectivity index (χ0v) is 14.2. The van der Waals surface area contributed by atoms with Crippen molar-refractivity contribution in [2.45, 2.75) is 20.3 Å². The zero-order valence-electron chi connectivity index (χ0n) is 14.2. The highest BCUT2D eigenvalue weighted by atomic mass is 16.5. The molecule has 0 aliphatic rings. The topological polar surface area (TPSA) is 90.1 Å². The van der Waals surface area contributed by atoms with Crippen LogP contribution in [0.2, 0.25) is 0 Å². The minimum Gasteiger partial charge on any atom is -0.484 e. The molecule has 1 heterocycles. The van der Waals surface area contributed by atoms with E-state index in [9.17, 15) is 9.59 Å². The third-order valence-electron chi connectivity index (χ3n) is 3.04. The maximum atomic E-state index is 11.7. The first-order valence-corrected chi connectivity index (χ1v) is 7.87. The summed E-state index contributed by atoms with van der Waals surface area (Å²) in [5.41, 5.74) is 2.77. The van der Waals surface area contributed by atoms with Crippen LogP contribution in [0.4, 0.5) is 0 Å². The number of esters is 1. The molecule has 0 aliphatic carbocycles. The van der Waals surface area contributed by atoms with Crippen LogP contribution >= 0.6 is 0 Å². The second-order valence-electron chi connectivity index (χ2n) is 5.19. The molecule has 1 aromatic heterocycles. The number of ether oxygens (including phenoxy) is 2. The van der Waals surface area contributed by atoms with E-state index in [-0.39, 0.29) is 12.6 Å². The van der Waals surface area contributed by atoms with Crippen LogP contribution in [0.5, 0.6) is 5.75 Å². The van der Waals surface area contributed by atoms with Crippen LogP contribution in [-0.2, 0) is 9.53 Å². The predicted molar refractivity (Wildman–Crippen MR) is 91.7 cm³/mol. The number of carbonyl (C=O) groups is 2. The Morgan fingerprint density at radius 3 is 2.60 bits per heavy atom. The molecule has 0 aliphatic heterocycles. The van der Waals surface area contributed by atoms with E-state index < -0.39 is 5.91 Å². The Kier molecular flexibility index (Phi) is 6.76. The summed E-state index contributed by atoms with van der Waals surface area (Å²) in [6.45, 7) is 3.93. The summed E-state index contributed by atoms with van der Waals surface area (Å²) in [6.07, 6.45) is 2.17. The molecular formula is C18H20N2O5. The van der Waals surface area contributed by atoms with Gasteiger partial charge in [0.2, 0.25) is 0 Å². The van der Waals surface area contributed by atoms with Crippen molar-refractivity contribution in [3.8, 4) is 5.75 Å². The van der Waals surface area contributed by atoms with E-state index in [1.807, 2.05) is 13.8 Å². The molecule has 0 unspecified atom stereocenters. The SMILES string of the molecule is CCCOC(=O)c1ccc(OCC(=O)N/N=C/c2ccc(C)o2)cc1. The second-order valence-corrected chi connectivity index (χ2v) is 5.19. The number of hydrazone groups is 1. The van der Waals surface area contributed by atoms with Crippen LogP contribution in [0.25, 0.3) is 0 Å². The van der Waals surface area contributed by atoms with Gasteiger partial charge >= 0.3 is 5.97 Å². The van der Waals surface area contributed by atoms with Gasteiger partial charge in [-0.15, -0.1) is 0 Å². The number of furan rings is 1. The van der Waals surface area contributed by atoms with Crippen LogP contribution in [0.3, 0.4) is 0 Å². The highest BCUT2D eigenvalue weighted by Crippen LogP contribution is 2.13. The Labute approximate surface area is 145 Å². The lowest BCUT2D eigenvalue weighted by molar-refractivity contribution is -0.123. The van der Waals surface area contributed by atoms with Gasteiger partial charge in [0.25, 0.3) is 5.91 Å². The van der Waals surface area contributed by atoms with Crippen molar-refractivity contribution in [1.82, 2.24) is 5.43 Å². The van der Waals surface area contributed by atoms with Crippen LogP contribution in [0, 0.1) is 6.92 Å². The first-order valence-electron chi connectivity index (χ1n) is 7.87. The lowest BCUT2D eigenvalue weighted by Crippen LogP contribution is -2.24. The number of rotatable bonds is 8. The highest BCUT2D eigenvalue weighted by molar-refractivity contribution is 5.89. The number of nitrogens with one attached hydrogen (secondary N) is 1. The van der Waals surface area contributed by atoms with Gasteiger partial charge in [-0.25, -0.2) is 10.2 Å². The van der Waals surface area contributed by atoms with Crippen LogP contribution in [-0.4, -0.2) is 31.3 Å². The van der Waals surface area contributed by atoms with Gasteiger partial charge in [0.05, 0.1) is 18.4 Å². The minimum atomic E-state index is -0.411. The predicted octanol–water partition coefficient (Wildman–Crippen LogP) is 2.68. The van der Waals surface area contributed by atoms with Crippen molar-refractivity contribution in [1.29, 1.82) is 0 Å². The van der Waals surface area contributed by atoms with E-state index in [4.69, 9.17) is 13.9 Å². The molecule has 1 amide bonds. The van der Waals surface area contributed by atoms with Crippen LogP contribution in [0.1, 0.15) is 35.2 Å². The molecule has 0 saturated carbocycles. The van der Waals surface area contributed by atoms with Gasteiger partial charge in [-0.3, -0.25) is 4.79 Å². The molecule has 1 N–H and O–H groups in total. The first kappa shape index (κ1) is 18.3. The number of hydrogen-bond donors (Lipinski definition) is 1. The van der Waals surface area contributed by atoms with Crippen molar-refractivity contribution in [3.63, 3.8) is 0 Å². The van der Waals surface area contributed by atoms with Crippen LogP contribution in [0.15, 0.2) is 45.9 Å². The van der Waals surface area contributed by atoms with Gasteiger partial charge in [0.1, 0.15) is 17.3 Å². The number of benzene rings is 1. The number of amides is 1. The standard InChI is InChI=1S/C18H20N2O5/c1-3-10-23-18(22)14-5-8-15(9-6-14)24-12-17(21)20-19-11-16-7-4-13(2)25-16/h4-9,11H,3,10,12H2,1-2H3,(H,20,21)/b19-11+. The normalized spacial score (nSPS) is 10.6. The summed E-state index contributed by atoms with van der Waals surface area (Å²) in [5, 5.41) is 3.77. The van der Waals surface area contributed by atoms with Crippen molar-refractivity contribution < 1.29 is 23.5 Å². The Hall–Kier alpha value is -3.09. The zero-order chi connectivity index (χ0) is 18.1. The molecule has 0 fully saturated rings. The summed E-state index contributed by atoms with van der Waals surface area (Å²) in [5.74, 6) is 0.981. The summed E-state index contributed by atoms with van der Waals surface area (Å²) in [7, 11) is 0. The molecule has 0 radical (unpaired) electrons. The quantitative estimate of drug-likeness (QED) is 0.452. The van der Waals surface area contributed by atoms with Crippen LogP contribution < -0.4 is 10.2 Å². The second kappa shape index (κ2) is 9.27. The maximum absolute atomic E-state index is 11.7. The van der Waals surface area contributed by atoms with Crippen molar-refractivity contribution in [2.75, 3.05) is 13.2 Å². The van der Waals surface area contributed by atoms with E-state index in [2.05, 4.69) is 10.5 Å². The molecule has 0 saturated heterocycles. The molecule has 132 valence electrons. The van der Waals surface area contributed by atoms with E-state index in [0.29, 0.717) is 23.7 Å². The van der Waals surface area contributed by atoms with Gasteiger partial charge < -0.3 is 13.9 Å². The lowest BCUT2D eigenvalue weighted by Gasteiger charge is -2.06. The molecule has 0 spiro atoms. The van der Waals surface area contributed by atoms with Gasteiger partial charge in [-0.1, -0.05) is 6.92 Å². The van der Waals surface area contributed by atoms with Crippen molar-refractivity contribution >= 4 is 18.1 Å². The fourth-order valence-corrected chi connectivity index (χ4v) is 1.84. The Balaban J connectivity index is 1.75. The molecule has 2 rings (SSSR count). The summed E-state index contributed by atoms with van der Waals surface area (Å²) in [4.78, 5) is 23.3. The third-order valence-corrected chi connectivity index (χ3v) is 3.04. The lowest BCUT2D eigenvalue weighted by atomic mass is 10.2. The van der Waals surface area contributed by atoms with E-state index in [1.165, 1.54) is 6.21 Å². The molecule has 25 heavy (non-hydrogen) atoms. The monoisotopic (exact) mass is 344 g/mol. The number of aryl methyl sites for hydroxylation is 1. The van der Waals surface area contributed by atoms with E-state index >= 15 is 0 Å². The molecule has 2 aromatic rings. The molecule has 7 heteroatoms. The fraction of sp³-hybridized carbons (Fsp3) is 0.278. The molecule has 1 aromatic carbocycles. The number of carbonyl (C=O) groups excluding carboxylic acids is 2. The Bertz CT molecular complexity index is 734. The number of hydrogen-bond acceptors (Lipinski definition) is 6. The smallest absolute Gasteiger partial charge is 0.338 e. The Morgan fingerprint density at radius 2 is 1.96 bits per heavy atom. The van der Waals surface area contributed by atoms with Crippen molar-refractivity contribution in [2.24, 2.45) is 5.10 Å². The van der Waals surface area contributed by atoms with Gasteiger partial charge in [-0.05, 0) is 49.7 Å². The largest absolute Gasteiger partial charge is 0.484 e. The van der Waals surface area contributed by atoms with Crippen molar-refractivity contribution in [3.05, 3.63) is 53.5 Å². The first-order chi connectivity index (χ1) is 12.1. The van der Waals surface area contributed by atoms with Gasteiger partial charge in [0, 0.05) is 0 Å². The van der Waals surface area contributed by atoms with E-state index in [0.717, 1.165) is 12.2 Å². The van der Waals surface area contributed by atoms with E-state index in [1.54, 1.807) is 36.4 Å². The maximum Gasteiger partial charge on any atom is 0.338 e. The van der Waals surface area contributed by atoms with Gasteiger partial charge in [0.15, 0.2) is 6.61 Å². The average Bonchev–Trinajstić information content (AvgIpc) is 3.03. The molecule has 7 nitrogen and oxygen atoms in total. The molecule has 0 atom stereocenters. The summed E-state index contributed by atoms with van der Waals surface area (Å²) < 4.78 is 15.6. The summed E-state index contributed by atoms with van der Waals surface area (Å²) in [6, 6.07) is 9.92. The minimum absolute atomic E-state index is 0.200. The van der Waals surface area contributed by atoms with Gasteiger partial charge in [-0.2, -0.15) is 5.10 Å². The summed E-state index contributed by atoms with van der Waals surface area (Å²) >= 11 is 0. The molecule has 0 bridgehead atoms. The average molecular weight is 344 g/mol. The third kappa shape index (κ3) is 6.14.